The van der Waals surface area contributed by atoms with Crippen molar-refractivity contribution in [3.8, 4) is 0 Å². The smallest absolute Gasteiger partial charge is 0.00144 e. The van der Waals surface area contributed by atoms with Crippen molar-refractivity contribution < 1.29 is 0 Å². The molecule has 1 fully saturated rings. The van der Waals surface area contributed by atoms with E-state index in [0.29, 0.717) is 0 Å². The van der Waals surface area contributed by atoms with Gasteiger partial charge >= 0.3 is 0 Å². The first kappa shape index (κ1) is 11.8. The number of rotatable bonds is 6. The van der Waals surface area contributed by atoms with Crippen LogP contribution in [0.3, 0.4) is 0 Å². The van der Waals surface area contributed by atoms with Gasteiger partial charge in [0.05, 0.1) is 0 Å². The predicted octanol–water partition coefficient (Wildman–Crippen LogP) is 3.37. The van der Waals surface area contributed by atoms with Crippen LogP contribution in [-0.4, -0.2) is 13.1 Å². The van der Waals surface area contributed by atoms with Crippen LogP contribution in [0.15, 0.2) is 12.7 Å². The molecule has 0 aromatic heterocycles. The predicted molar refractivity (Wildman–Crippen MR) is 63.4 cm³/mol. The maximum absolute atomic E-state index is 3.72. The van der Waals surface area contributed by atoms with E-state index in [1.54, 1.807) is 0 Å². The molecule has 1 nitrogen and oxygen atoms in total. The fourth-order valence-electron chi connectivity index (χ4n) is 2.25. The van der Waals surface area contributed by atoms with Crippen molar-refractivity contribution in [3.05, 3.63) is 12.7 Å². The maximum atomic E-state index is 3.72. The van der Waals surface area contributed by atoms with Gasteiger partial charge in [-0.2, -0.15) is 0 Å². The number of hydrogen-bond acceptors (Lipinski definition) is 1. The quantitative estimate of drug-likeness (QED) is 0.506. The molecule has 0 heterocycles. The normalized spacial score (nSPS) is 27.5. The topological polar surface area (TPSA) is 12.0 Å². The van der Waals surface area contributed by atoms with Crippen LogP contribution in [0.25, 0.3) is 0 Å². The molecular weight excluding hydrogens is 170 g/mol. The van der Waals surface area contributed by atoms with Gasteiger partial charge in [0.25, 0.3) is 0 Å². The molecule has 82 valence electrons. The average Bonchev–Trinajstić information content (AvgIpc) is 2.21. The van der Waals surface area contributed by atoms with Crippen molar-refractivity contribution >= 4 is 0 Å². The van der Waals surface area contributed by atoms with Crippen LogP contribution in [0.1, 0.15) is 45.4 Å². The standard InChI is InChI=1S/C13H25N/c1-3-4-10-14-11-9-13-7-5-12(2)6-8-13/h3,12-14H,1,4-11H2,2H3. The zero-order valence-electron chi connectivity index (χ0n) is 9.60. The van der Waals surface area contributed by atoms with Gasteiger partial charge < -0.3 is 5.32 Å². The Morgan fingerprint density at radius 2 is 1.93 bits per heavy atom. The van der Waals surface area contributed by atoms with Gasteiger partial charge in [0, 0.05) is 0 Å². The van der Waals surface area contributed by atoms with Crippen molar-refractivity contribution in [2.24, 2.45) is 11.8 Å². The Balaban J connectivity index is 1.93. The average molecular weight is 195 g/mol. The summed E-state index contributed by atoms with van der Waals surface area (Å²) in [7, 11) is 0. The summed E-state index contributed by atoms with van der Waals surface area (Å²) in [6.45, 7) is 8.41. The van der Waals surface area contributed by atoms with E-state index < -0.39 is 0 Å². The minimum absolute atomic E-state index is 0.986. The third-order valence-electron chi connectivity index (χ3n) is 3.39. The summed E-state index contributed by atoms with van der Waals surface area (Å²) < 4.78 is 0. The van der Waals surface area contributed by atoms with E-state index in [1.165, 1.54) is 38.6 Å². The van der Waals surface area contributed by atoms with E-state index in [-0.39, 0.29) is 0 Å². The van der Waals surface area contributed by atoms with Crippen LogP contribution >= 0.6 is 0 Å². The summed E-state index contributed by atoms with van der Waals surface area (Å²) in [5.74, 6) is 1.99. The van der Waals surface area contributed by atoms with Crippen molar-refractivity contribution in [1.29, 1.82) is 0 Å². The second kappa shape index (κ2) is 7.05. The monoisotopic (exact) mass is 195 g/mol. The summed E-state index contributed by atoms with van der Waals surface area (Å²) in [6.07, 6.45) is 10.3. The molecule has 0 radical (unpaired) electrons. The Labute approximate surface area is 89.0 Å². The molecule has 1 rings (SSSR count). The molecule has 1 heteroatoms. The maximum Gasteiger partial charge on any atom is -0.00144 e. The van der Waals surface area contributed by atoms with Gasteiger partial charge in [-0.25, -0.2) is 0 Å². The lowest BCUT2D eigenvalue weighted by molar-refractivity contribution is 0.275. The Bertz CT molecular complexity index is 145. The van der Waals surface area contributed by atoms with Gasteiger partial charge in [0.1, 0.15) is 0 Å². The van der Waals surface area contributed by atoms with Crippen LogP contribution in [0.2, 0.25) is 0 Å². The first-order valence-electron chi connectivity index (χ1n) is 6.14. The highest BCUT2D eigenvalue weighted by atomic mass is 14.8. The molecular formula is C13H25N. The van der Waals surface area contributed by atoms with E-state index in [0.717, 1.165) is 24.8 Å². The largest absolute Gasteiger partial charge is 0.316 e. The lowest BCUT2D eigenvalue weighted by Crippen LogP contribution is -2.21. The van der Waals surface area contributed by atoms with Gasteiger partial charge in [-0.3, -0.25) is 0 Å². The highest BCUT2D eigenvalue weighted by Gasteiger charge is 2.17. The summed E-state index contributed by atoms with van der Waals surface area (Å²) in [5, 5.41) is 3.47. The van der Waals surface area contributed by atoms with Gasteiger partial charge in [-0.15, -0.1) is 6.58 Å². The highest BCUT2D eigenvalue weighted by molar-refractivity contribution is 4.71. The SMILES string of the molecule is C=CCCNCCC1CCC(C)CC1. The van der Waals surface area contributed by atoms with Crippen LogP contribution in [0.5, 0.6) is 0 Å². The highest BCUT2D eigenvalue weighted by Crippen LogP contribution is 2.29. The molecule has 14 heavy (non-hydrogen) atoms. The molecule has 1 aliphatic carbocycles. The third kappa shape index (κ3) is 4.80. The van der Waals surface area contributed by atoms with Crippen molar-refractivity contribution in [2.75, 3.05) is 13.1 Å². The summed E-state index contributed by atoms with van der Waals surface area (Å²) >= 11 is 0. The molecule has 0 aromatic rings. The second-order valence-corrected chi connectivity index (χ2v) is 4.74. The van der Waals surface area contributed by atoms with Crippen molar-refractivity contribution in [3.63, 3.8) is 0 Å². The van der Waals surface area contributed by atoms with Crippen LogP contribution in [0, 0.1) is 11.8 Å². The van der Waals surface area contributed by atoms with Crippen molar-refractivity contribution in [2.45, 2.75) is 45.4 Å². The van der Waals surface area contributed by atoms with Crippen molar-refractivity contribution in [1.82, 2.24) is 5.32 Å². The van der Waals surface area contributed by atoms with Crippen LogP contribution < -0.4 is 5.32 Å². The molecule has 0 spiro atoms. The van der Waals surface area contributed by atoms with Gasteiger partial charge in [-0.1, -0.05) is 38.7 Å². The molecule has 0 aliphatic heterocycles. The summed E-state index contributed by atoms with van der Waals surface area (Å²) in [4.78, 5) is 0. The van der Waals surface area contributed by atoms with E-state index in [4.69, 9.17) is 0 Å². The Morgan fingerprint density at radius 3 is 2.57 bits per heavy atom. The van der Waals surface area contributed by atoms with Gasteiger partial charge in [0.15, 0.2) is 0 Å². The molecule has 1 saturated carbocycles. The molecule has 1 N–H and O–H groups in total. The molecule has 0 bridgehead atoms. The molecule has 0 unspecified atom stereocenters. The Hall–Kier alpha value is -0.300. The number of nitrogens with one attached hydrogen (secondary N) is 1. The fourth-order valence-corrected chi connectivity index (χ4v) is 2.25. The zero-order valence-corrected chi connectivity index (χ0v) is 9.60. The van der Waals surface area contributed by atoms with Gasteiger partial charge in [0.2, 0.25) is 0 Å². The van der Waals surface area contributed by atoms with Crippen LogP contribution in [0.4, 0.5) is 0 Å². The Kier molecular flexibility index (Phi) is 5.93. The minimum Gasteiger partial charge on any atom is -0.316 e. The lowest BCUT2D eigenvalue weighted by atomic mass is 9.81. The van der Waals surface area contributed by atoms with E-state index in [2.05, 4.69) is 18.8 Å². The summed E-state index contributed by atoms with van der Waals surface area (Å²) in [6, 6.07) is 0. The first-order valence-corrected chi connectivity index (χ1v) is 6.14. The molecule has 0 amide bonds. The molecule has 0 saturated heterocycles. The van der Waals surface area contributed by atoms with Gasteiger partial charge in [-0.05, 0) is 37.8 Å². The number of hydrogen-bond donors (Lipinski definition) is 1. The lowest BCUT2D eigenvalue weighted by Gasteiger charge is -2.26. The molecule has 0 atom stereocenters. The summed E-state index contributed by atoms with van der Waals surface area (Å²) in [5.41, 5.74) is 0. The third-order valence-corrected chi connectivity index (χ3v) is 3.39. The van der Waals surface area contributed by atoms with E-state index in [1.807, 2.05) is 6.08 Å². The van der Waals surface area contributed by atoms with Crippen LogP contribution in [-0.2, 0) is 0 Å². The molecule has 1 aliphatic rings. The first-order chi connectivity index (χ1) is 6.83. The molecule has 0 aromatic carbocycles. The Morgan fingerprint density at radius 1 is 1.21 bits per heavy atom. The van der Waals surface area contributed by atoms with E-state index >= 15 is 0 Å². The van der Waals surface area contributed by atoms with E-state index in [9.17, 15) is 0 Å². The minimum atomic E-state index is 0.986. The zero-order chi connectivity index (χ0) is 10.2. The fraction of sp³-hybridized carbons (Fsp3) is 0.846. The second-order valence-electron chi connectivity index (χ2n) is 4.74.